The molecule has 0 aliphatic heterocycles. The second kappa shape index (κ2) is 7.02. The van der Waals surface area contributed by atoms with Crippen LogP contribution in [0.5, 0.6) is 11.5 Å². The van der Waals surface area contributed by atoms with Gasteiger partial charge in [-0.05, 0) is 39.0 Å². The fourth-order valence-corrected chi connectivity index (χ4v) is 2.66. The van der Waals surface area contributed by atoms with Crippen LogP contribution in [0.25, 0.3) is 11.0 Å². The number of esters is 1. The number of fused-ring (bicyclic) bond motifs is 1. The molecule has 0 amide bonds. The van der Waals surface area contributed by atoms with E-state index in [4.69, 9.17) is 9.47 Å². The normalized spacial score (nSPS) is 11.0. The summed E-state index contributed by atoms with van der Waals surface area (Å²) in [6.45, 7) is 5.64. The molecule has 0 fully saturated rings. The van der Waals surface area contributed by atoms with Crippen molar-refractivity contribution < 1.29 is 19.2 Å². The Hall–Kier alpha value is -3.49. The molecular formula is C18H18N4O5. The number of nitro groups is 1. The average molecular weight is 370 g/mol. The first-order valence-corrected chi connectivity index (χ1v) is 8.21. The van der Waals surface area contributed by atoms with Crippen LogP contribution in [0, 0.1) is 17.0 Å². The monoisotopic (exact) mass is 370 g/mol. The zero-order chi connectivity index (χ0) is 19.7. The Kier molecular flexibility index (Phi) is 4.76. The minimum Gasteiger partial charge on any atom is -0.496 e. The Balaban J connectivity index is 1.97. The van der Waals surface area contributed by atoms with E-state index in [9.17, 15) is 14.9 Å². The van der Waals surface area contributed by atoms with E-state index in [0.717, 1.165) is 0 Å². The fourth-order valence-electron chi connectivity index (χ4n) is 2.66. The maximum Gasteiger partial charge on any atom is 0.345 e. The second-order valence-electron chi connectivity index (χ2n) is 6.20. The van der Waals surface area contributed by atoms with Gasteiger partial charge in [0.2, 0.25) is 5.75 Å². The maximum absolute atomic E-state index is 12.6. The largest absolute Gasteiger partial charge is 0.496 e. The smallest absolute Gasteiger partial charge is 0.345 e. The highest BCUT2D eigenvalue weighted by atomic mass is 16.6. The van der Waals surface area contributed by atoms with E-state index in [1.54, 1.807) is 23.9 Å². The Morgan fingerprint density at radius 1 is 1.30 bits per heavy atom. The zero-order valence-electron chi connectivity index (χ0n) is 15.3. The van der Waals surface area contributed by atoms with Crippen molar-refractivity contribution in [3.05, 3.63) is 51.8 Å². The molecule has 0 atom stereocenters. The van der Waals surface area contributed by atoms with Crippen molar-refractivity contribution in [3.63, 3.8) is 0 Å². The molecule has 0 spiro atoms. The molecule has 27 heavy (non-hydrogen) atoms. The zero-order valence-corrected chi connectivity index (χ0v) is 15.3. The van der Waals surface area contributed by atoms with E-state index in [-0.39, 0.29) is 23.0 Å². The number of ether oxygens (including phenoxy) is 2. The van der Waals surface area contributed by atoms with Gasteiger partial charge < -0.3 is 9.47 Å². The lowest BCUT2D eigenvalue weighted by Crippen LogP contribution is -2.13. The molecule has 9 nitrogen and oxygen atoms in total. The first-order chi connectivity index (χ1) is 12.8. The third-order valence-corrected chi connectivity index (χ3v) is 4.03. The molecular weight excluding hydrogens is 352 g/mol. The minimum atomic E-state index is -0.729. The lowest BCUT2D eigenvalue weighted by atomic mass is 10.1. The summed E-state index contributed by atoms with van der Waals surface area (Å²) < 4.78 is 12.0. The molecule has 2 aromatic heterocycles. The maximum atomic E-state index is 12.6. The minimum absolute atomic E-state index is 0.120. The number of nitrogens with zero attached hydrogens (tertiary/aromatic N) is 4. The van der Waals surface area contributed by atoms with E-state index in [1.807, 2.05) is 13.8 Å². The SMILES string of the molecule is COc1ccc(OC(=O)c2cc3cnn(C(C)C)c3nc2C)c([N+](=O)[O-])c1. The Bertz CT molecular complexity index is 1040. The molecule has 2 heterocycles. The van der Waals surface area contributed by atoms with E-state index < -0.39 is 10.9 Å². The van der Waals surface area contributed by atoms with Crippen molar-refractivity contribution in [3.8, 4) is 11.5 Å². The van der Waals surface area contributed by atoms with Gasteiger partial charge in [0, 0.05) is 11.4 Å². The number of hydrogen-bond acceptors (Lipinski definition) is 7. The number of carbonyl (C=O) groups is 1. The van der Waals surface area contributed by atoms with Crippen LogP contribution in [0.1, 0.15) is 35.9 Å². The fraction of sp³-hybridized carbons (Fsp3) is 0.278. The highest BCUT2D eigenvalue weighted by Crippen LogP contribution is 2.32. The molecule has 3 aromatic rings. The van der Waals surface area contributed by atoms with Gasteiger partial charge in [0.05, 0.1) is 35.6 Å². The number of rotatable bonds is 5. The lowest BCUT2D eigenvalue weighted by Gasteiger charge is -2.10. The number of hydrogen-bond donors (Lipinski definition) is 0. The summed E-state index contributed by atoms with van der Waals surface area (Å²) in [6, 6.07) is 5.75. The summed E-state index contributed by atoms with van der Waals surface area (Å²) in [6.07, 6.45) is 1.62. The average Bonchev–Trinajstić information content (AvgIpc) is 3.03. The van der Waals surface area contributed by atoms with E-state index in [2.05, 4.69) is 10.1 Å². The molecule has 9 heteroatoms. The first-order valence-electron chi connectivity index (χ1n) is 8.21. The number of methoxy groups -OCH3 is 1. The summed E-state index contributed by atoms with van der Waals surface area (Å²) in [7, 11) is 1.40. The van der Waals surface area contributed by atoms with Crippen LogP contribution in [0.15, 0.2) is 30.5 Å². The predicted octanol–water partition coefficient (Wildman–Crippen LogP) is 3.46. The topological polar surface area (TPSA) is 109 Å². The van der Waals surface area contributed by atoms with Crippen molar-refractivity contribution in [1.29, 1.82) is 0 Å². The third kappa shape index (κ3) is 3.43. The standard InChI is InChI=1S/C18H18N4O5/c1-10(2)21-17-12(9-19-21)7-14(11(3)20-17)18(23)27-16-6-5-13(26-4)8-15(16)22(24)25/h5-10H,1-4H3. The Morgan fingerprint density at radius 3 is 2.67 bits per heavy atom. The van der Waals surface area contributed by atoms with E-state index in [0.29, 0.717) is 22.5 Å². The van der Waals surface area contributed by atoms with Gasteiger partial charge in [0.1, 0.15) is 5.75 Å². The quantitative estimate of drug-likeness (QED) is 0.293. The first kappa shape index (κ1) is 18.3. The molecule has 0 aliphatic rings. The van der Waals surface area contributed by atoms with Gasteiger partial charge in [-0.15, -0.1) is 0 Å². The number of carbonyl (C=O) groups excluding carboxylic acids is 1. The highest BCUT2D eigenvalue weighted by molar-refractivity contribution is 5.96. The molecule has 0 saturated carbocycles. The number of aromatic nitrogens is 3. The van der Waals surface area contributed by atoms with Gasteiger partial charge in [0.15, 0.2) is 5.65 Å². The molecule has 140 valence electrons. The van der Waals surface area contributed by atoms with Crippen molar-refractivity contribution in [1.82, 2.24) is 14.8 Å². The molecule has 0 radical (unpaired) electrons. The molecule has 0 bridgehead atoms. The highest BCUT2D eigenvalue weighted by Gasteiger charge is 2.22. The number of pyridine rings is 1. The molecule has 0 N–H and O–H groups in total. The van der Waals surface area contributed by atoms with Gasteiger partial charge in [-0.2, -0.15) is 5.10 Å². The molecule has 0 unspecified atom stereocenters. The Labute approximate surface area is 154 Å². The van der Waals surface area contributed by atoms with Crippen molar-refractivity contribution in [2.45, 2.75) is 26.8 Å². The summed E-state index contributed by atoms with van der Waals surface area (Å²) in [5, 5.41) is 16.2. The van der Waals surface area contributed by atoms with Crippen LogP contribution in [-0.4, -0.2) is 32.8 Å². The van der Waals surface area contributed by atoms with Crippen molar-refractivity contribution in [2.75, 3.05) is 7.11 Å². The summed E-state index contributed by atoms with van der Waals surface area (Å²) in [5.74, 6) is -0.600. The van der Waals surface area contributed by atoms with Crippen LogP contribution < -0.4 is 9.47 Å². The number of nitro benzene ring substituents is 1. The summed E-state index contributed by atoms with van der Waals surface area (Å²) >= 11 is 0. The van der Waals surface area contributed by atoms with E-state index >= 15 is 0 Å². The van der Waals surface area contributed by atoms with Gasteiger partial charge in [0.25, 0.3) is 0 Å². The third-order valence-electron chi connectivity index (χ3n) is 4.03. The van der Waals surface area contributed by atoms with Crippen molar-refractivity contribution >= 4 is 22.7 Å². The van der Waals surface area contributed by atoms with Crippen LogP contribution in [0.2, 0.25) is 0 Å². The number of aryl methyl sites for hydroxylation is 1. The van der Waals surface area contributed by atoms with Gasteiger partial charge in [-0.3, -0.25) is 10.1 Å². The molecule has 3 rings (SSSR count). The van der Waals surface area contributed by atoms with Crippen LogP contribution >= 0.6 is 0 Å². The van der Waals surface area contributed by atoms with Gasteiger partial charge >= 0.3 is 11.7 Å². The van der Waals surface area contributed by atoms with Crippen LogP contribution in [-0.2, 0) is 0 Å². The summed E-state index contributed by atoms with van der Waals surface area (Å²) in [4.78, 5) is 27.7. The van der Waals surface area contributed by atoms with Gasteiger partial charge in [-0.25, -0.2) is 14.5 Å². The van der Waals surface area contributed by atoms with Crippen LogP contribution in [0.3, 0.4) is 0 Å². The molecule has 1 aromatic carbocycles. The lowest BCUT2D eigenvalue weighted by molar-refractivity contribution is -0.385. The number of benzene rings is 1. The predicted molar refractivity (Wildman–Crippen MR) is 97.3 cm³/mol. The molecule has 0 saturated heterocycles. The van der Waals surface area contributed by atoms with Gasteiger partial charge in [-0.1, -0.05) is 0 Å². The van der Waals surface area contributed by atoms with Crippen LogP contribution in [0.4, 0.5) is 5.69 Å². The summed E-state index contributed by atoms with van der Waals surface area (Å²) in [5.41, 5.74) is 0.971. The van der Waals surface area contributed by atoms with Crippen molar-refractivity contribution in [2.24, 2.45) is 0 Å². The molecule has 0 aliphatic carbocycles. The van der Waals surface area contributed by atoms with E-state index in [1.165, 1.54) is 25.3 Å². The second-order valence-corrected chi connectivity index (χ2v) is 6.20. The Morgan fingerprint density at radius 2 is 2.04 bits per heavy atom.